The number of rotatable bonds is 6. The van der Waals surface area contributed by atoms with Gasteiger partial charge in [-0.25, -0.2) is 0 Å². The van der Waals surface area contributed by atoms with E-state index in [0.717, 1.165) is 32.2 Å². The summed E-state index contributed by atoms with van der Waals surface area (Å²) >= 11 is 0. The van der Waals surface area contributed by atoms with Crippen LogP contribution in [-0.2, 0) is 17.5 Å². The molecule has 0 aliphatic carbocycles. The van der Waals surface area contributed by atoms with E-state index in [1.165, 1.54) is 12.1 Å². The highest BCUT2D eigenvalue weighted by molar-refractivity contribution is 5.89. The Morgan fingerprint density at radius 2 is 1.89 bits per heavy atom. The van der Waals surface area contributed by atoms with E-state index >= 15 is 0 Å². The zero-order valence-corrected chi connectivity index (χ0v) is 15.6. The van der Waals surface area contributed by atoms with Crippen molar-refractivity contribution in [1.29, 1.82) is 0 Å². The standard InChI is InChI=1S/C19H23F3N4O2/c1-14-11-17(24-28-14)23-18(27)5-6-25-7-9-26(10-8-25)13-15-3-2-4-16(12-15)19(20,21)22/h2-4,11-12H,5-10,13H2,1H3,(H,23,24,27). The average Bonchev–Trinajstić information content (AvgIpc) is 3.05. The van der Waals surface area contributed by atoms with Gasteiger partial charge in [0.1, 0.15) is 5.76 Å². The molecule has 0 saturated carbocycles. The van der Waals surface area contributed by atoms with Gasteiger partial charge in [-0.1, -0.05) is 23.4 Å². The highest BCUT2D eigenvalue weighted by atomic mass is 19.4. The predicted octanol–water partition coefficient (Wildman–Crippen LogP) is 3.15. The number of aromatic nitrogens is 1. The molecule has 1 aliphatic heterocycles. The first kappa shape index (κ1) is 20.3. The minimum atomic E-state index is -4.32. The number of nitrogens with one attached hydrogen (secondary N) is 1. The number of carbonyl (C=O) groups excluding carboxylic acids is 1. The van der Waals surface area contributed by atoms with Gasteiger partial charge in [-0.2, -0.15) is 13.2 Å². The van der Waals surface area contributed by atoms with Crippen LogP contribution >= 0.6 is 0 Å². The van der Waals surface area contributed by atoms with Crippen molar-refractivity contribution < 1.29 is 22.5 Å². The molecule has 1 fully saturated rings. The van der Waals surface area contributed by atoms with Gasteiger partial charge in [0.05, 0.1) is 5.56 Å². The van der Waals surface area contributed by atoms with Gasteiger partial charge in [-0.05, 0) is 18.6 Å². The van der Waals surface area contributed by atoms with Gasteiger partial charge in [-0.15, -0.1) is 0 Å². The molecule has 28 heavy (non-hydrogen) atoms. The number of nitrogens with zero attached hydrogens (tertiary/aromatic N) is 3. The third-order valence-corrected chi connectivity index (χ3v) is 4.68. The second kappa shape index (κ2) is 8.74. The number of aryl methyl sites for hydroxylation is 1. The Balaban J connectivity index is 1.40. The largest absolute Gasteiger partial charge is 0.416 e. The predicted molar refractivity (Wildman–Crippen MR) is 97.6 cm³/mol. The zero-order chi connectivity index (χ0) is 20.1. The fraction of sp³-hybridized carbons (Fsp3) is 0.474. The van der Waals surface area contributed by atoms with Crippen molar-refractivity contribution in [3.8, 4) is 0 Å². The number of carbonyl (C=O) groups is 1. The van der Waals surface area contributed by atoms with Gasteiger partial charge in [0.15, 0.2) is 5.82 Å². The lowest BCUT2D eigenvalue weighted by molar-refractivity contribution is -0.137. The molecule has 0 atom stereocenters. The van der Waals surface area contributed by atoms with Gasteiger partial charge in [0.2, 0.25) is 5.91 Å². The SMILES string of the molecule is Cc1cc(NC(=O)CCN2CCN(Cc3cccc(C(F)(F)F)c3)CC2)no1. The number of hydrogen-bond donors (Lipinski definition) is 1. The van der Waals surface area contributed by atoms with Crippen LogP contribution < -0.4 is 5.32 Å². The number of halogens is 3. The summed E-state index contributed by atoms with van der Waals surface area (Å²) in [6.07, 6.45) is -3.97. The van der Waals surface area contributed by atoms with Crippen molar-refractivity contribution in [1.82, 2.24) is 15.0 Å². The van der Waals surface area contributed by atoms with Crippen LogP contribution in [0.3, 0.4) is 0 Å². The minimum Gasteiger partial charge on any atom is -0.360 e. The molecule has 1 aromatic heterocycles. The lowest BCUT2D eigenvalue weighted by Gasteiger charge is -2.34. The smallest absolute Gasteiger partial charge is 0.360 e. The summed E-state index contributed by atoms with van der Waals surface area (Å²) in [5.41, 5.74) is 0.0440. The lowest BCUT2D eigenvalue weighted by Crippen LogP contribution is -2.46. The zero-order valence-electron chi connectivity index (χ0n) is 15.6. The van der Waals surface area contributed by atoms with E-state index in [0.29, 0.717) is 36.7 Å². The van der Waals surface area contributed by atoms with Crippen molar-refractivity contribution in [3.63, 3.8) is 0 Å². The van der Waals surface area contributed by atoms with Crippen LogP contribution in [0.5, 0.6) is 0 Å². The second-order valence-corrected chi connectivity index (χ2v) is 6.94. The van der Waals surface area contributed by atoms with E-state index < -0.39 is 11.7 Å². The van der Waals surface area contributed by atoms with E-state index in [-0.39, 0.29) is 5.91 Å². The molecule has 1 aliphatic rings. The fourth-order valence-corrected chi connectivity index (χ4v) is 3.17. The van der Waals surface area contributed by atoms with Crippen molar-refractivity contribution in [2.45, 2.75) is 26.1 Å². The minimum absolute atomic E-state index is 0.125. The number of benzene rings is 1. The highest BCUT2D eigenvalue weighted by Gasteiger charge is 2.30. The summed E-state index contributed by atoms with van der Waals surface area (Å²) in [5.74, 6) is 0.917. The maximum Gasteiger partial charge on any atom is 0.416 e. The summed E-state index contributed by atoms with van der Waals surface area (Å²) in [6.45, 7) is 5.91. The Morgan fingerprint density at radius 3 is 2.54 bits per heavy atom. The molecular weight excluding hydrogens is 373 g/mol. The molecular formula is C19H23F3N4O2. The first-order chi connectivity index (χ1) is 13.3. The molecule has 1 aromatic carbocycles. The normalized spacial score (nSPS) is 16.3. The van der Waals surface area contributed by atoms with Crippen molar-refractivity contribution in [2.75, 3.05) is 38.0 Å². The number of piperazine rings is 1. The van der Waals surface area contributed by atoms with Gasteiger partial charge in [0.25, 0.3) is 0 Å². The van der Waals surface area contributed by atoms with Crippen LogP contribution in [0.25, 0.3) is 0 Å². The molecule has 0 radical (unpaired) electrons. The van der Waals surface area contributed by atoms with Crippen LogP contribution in [-0.4, -0.2) is 53.6 Å². The molecule has 1 amide bonds. The number of alkyl halides is 3. The van der Waals surface area contributed by atoms with Crippen molar-refractivity contribution >= 4 is 11.7 Å². The Hall–Kier alpha value is -2.39. The number of anilines is 1. The Bertz CT molecular complexity index is 798. The van der Waals surface area contributed by atoms with Crippen LogP contribution in [0.4, 0.5) is 19.0 Å². The van der Waals surface area contributed by atoms with Gasteiger partial charge >= 0.3 is 6.18 Å². The molecule has 2 aromatic rings. The second-order valence-electron chi connectivity index (χ2n) is 6.94. The highest BCUT2D eigenvalue weighted by Crippen LogP contribution is 2.29. The third kappa shape index (κ3) is 5.80. The number of hydrogen-bond acceptors (Lipinski definition) is 5. The van der Waals surface area contributed by atoms with E-state index in [1.807, 2.05) is 0 Å². The van der Waals surface area contributed by atoms with E-state index in [4.69, 9.17) is 4.52 Å². The molecule has 0 unspecified atom stereocenters. The Morgan fingerprint density at radius 1 is 1.18 bits per heavy atom. The van der Waals surface area contributed by atoms with Crippen LogP contribution in [0.1, 0.15) is 23.3 Å². The molecule has 2 heterocycles. The molecule has 0 bridgehead atoms. The molecule has 0 spiro atoms. The van der Waals surface area contributed by atoms with E-state index in [9.17, 15) is 18.0 Å². The maximum absolute atomic E-state index is 12.8. The summed E-state index contributed by atoms with van der Waals surface area (Å²) in [7, 11) is 0. The third-order valence-electron chi connectivity index (χ3n) is 4.68. The lowest BCUT2D eigenvalue weighted by atomic mass is 10.1. The molecule has 1 N–H and O–H groups in total. The summed E-state index contributed by atoms with van der Waals surface area (Å²) in [4.78, 5) is 16.3. The number of amides is 1. The van der Waals surface area contributed by atoms with Gasteiger partial charge < -0.3 is 14.7 Å². The maximum atomic E-state index is 12.8. The fourth-order valence-electron chi connectivity index (χ4n) is 3.17. The van der Waals surface area contributed by atoms with Crippen molar-refractivity contribution in [2.24, 2.45) is 0 Å². The Labute approximate surface area is 161 Å². The molecule has 1 saturated heterocycles. The quantitative estimate of drug-likeness (QED) is 0.813. The summed E-state index contributed by atoms with van der Waals surface area (Å²) in [6, 6.07) is 7.13. The van der Waals surface area contributed by atoms with Crippen LogP contribution in [0.15, 0.2) is 34.9 Å². The monoisotopic (exact) mass is 396 g/mol. The summed E-state index contributed by atoms with van der Waals surface area (Å²) < 4.78 is 43.4. The van der Waals surface area contributed by atoms with Crippen LogP contribution in [0, 0.1) is 6.92 Å². The van der Waals surface area contributed by atoms with Gasteiger partial charge in [-0.3, -0.25) is 9.69 Å². The summed E-state index contributed by atoms with van der Waals surface area (Å²) in [5, 5.41) is 6.41. The molecule has 6 nitrogen and oxygen atoms in total. The topological polar surface area (TPSA) is 61.6 Å². The Kier molecular flexibility index (Phi) is 6.35. The molecule has 152 valence electrons. The van der Waals surface area contributed by atoms with Crippen molar-refractivity contribution in [3.05, 3.63) is 47.2 Å². The first-order valence-corrected chi connectivity index (χ1v) is 9.13. The average molecular weight is 396 g/mol. The first-order valence-electron chi connectivity index (χ1n) is 9.13. The molecule has 3 rings (SSSR count). The van der Waals surface area contributed by atoms with Crippen LogP contribution in [0.2, 0.25) is 0 Å². The van der Waals surface area contributed by atoms with Gasteiger partial charge in [0, 0.05) is 51.8 Å². The molecule has 9 heteroatoms. The van der Waals surface area contributed by atoms with E-state index in [1.54, 1.807) is 19.1 Å². The van der Waals surface area contributed by atoms with E-state index in [2.05, 4.69) is 20.3 Å².